The minimum atomic E-state index is -0.262. The van der Waals surface area contributed by atoms with Crippen LogP contribution in [0.25, 0.3) is 0 Å². The maximum Gasteiger partial charge on any atom is 0.240 e. The van der Waals surface area contributed by atoms with Crippen molar-refractivity contribution in [2.45, 2.75) is 64.3 Å². The van der Waals surface area contributed by atoms with Gasteiger partial charge in [-0.15, -0.1) is 0 Å². The third kappa shape index (κ3) is 2.65. The Bertz CT molecular complexity index is 278. The highest BCUT2D eigenvalue weighted by Crippen LogP contribution is 2.49. The van der Waals surface area contributed by atoms with Crippen LogP contribution in [0, 0.1) is 5.41 Å². The monoisotopic (exact) mass is 238 g/mol. The quantitative estimate of drug-likeness (QED) is 0.745. The molecule has 3 heteroatoms. The lowest BCUT2D eigenvalue weighted by molar-refractivity contribution is -0.127. The molecule has 1 aliphatic carbocycles. The van der Waals surface area contributed by atoms with Crippen molar-refractivity contribution in [3.8, 4) is 0 Å². The molecule has 2 N–H and O–H groups in total. The molecule has 1 saturated heterocycles. The van der Waals surface area contributed by atoms with E-state index in [0.717, 1.165) is 32.4 Å². The summed E-state index contributed by atoms with van der Waals surface area (Å²) in [6.45, 7) is 6.22. The van der Waals surface area contributed by atoms with E-state index in [1.807, 2.05) is 0 Å². The van der Waals surface area contributed by atoms with Gasteiger partial charge < -0.3 is 10.6 Å². The number of hydrogen-bond donors (Lipinski definition) is 2. The van der Waals surface area contributed by atoms with E-state index in [-0.39, 0.29) is 11.4 Å². The van der Waals surface area contributed by atoms with E-state index in [9.17, 15) is 4.79 Å². The summed E-state index contributed by atoms with van der Waals surface area (Å²) in [5, 5.41) is 6.60. The molecule has 0 radical (unpaired) electrons. The fourth-order valence-electron chi connectivity index (χ4n) is 3.12. The van der Waals surface area contributed by atoms with Gasteiger partial charge in [0.1, 0.15) is 0 Å². The fraction of sp³-hybridized carbons (Fsp3) is 0.929. The van der Waals surface area contributed by atoms with Crippen molar-refractivity contribution in [3.63, 3.8) is 0 Å². The molecule has 3 nitrogen and oxygen atoms in total. The van der Waals surface area contributed by atoms with Gasteiger partial charge in [0.2, 0.25) is 5.91 Å². The predicted octanol–water partition coefficient (Wildman–Crippen LogP) is 2.22. The van der Waals surface area contributed by atoms with Crippen LogP contribution >= 0.6 is 0 Å². The lowest BCUT2D eigenvalue weighted by Crippen LogP contribution is -2.54. The fourth-order valence-corrected chi connectivity index (χ4v) is 3.12. The van der Waals surface area contributed by atoms with Crippen LogP contribution in [0.5, 0.6) is 0 Å². The average molecular weight is 238 g/mol. The molecule has 2 rings (SSSR count). The van der Waals surface area contributed by atoms with E-state index < -0.39 is 0 Å². The Balaban J connectivity index is 1.84. The number of amides is 1. The van der Waals surface area contributed by atoms with Crippen molar-refractivity contribution >= 4 is 5.91 Å². The maximum absolute atomic E-state index is 12.3. The topological polar surface area (TPSA) is 41.1 Å². The van der Waals surface area contributed by atoms with Crippen LogP contribution in [0.3, 0.4) is 0 Å². The van der Waals surface area contributed by atoms with Crippen LogP contribution in [0.15, 0.2) is 0 Å². The first-order chi connectivity index (χ1) is 8.16. The van der Waals surface area contributed by atoms with E-state index in [1.165, 1.54) is 25.7 Å². The minimum absolute atomic E-state index is 0.236. The average Bonchev–Trinajstić information content (AvgIpc) is 2.93. The molecule has 1 unspecified atom stereocenters. The largest absolute Gasteiger partial charge is 0.354 e. The highest BCUT2D eigenvalue weighted by atomic mass is 16.2. The lowest BCUT2D eigenvalue weighted by atomic mass is 9.92. The molecule has 1 saturated carbocycles. The lowest BCUT2D eigenvalue weighted by Gasteiger charge is -2.28. The first-order valence-electron chi connectivity index (χ1n) is 7.20. The summed E-state index contributed by atoms with van der Waals surface area (Å²) in [6.07, 6.45) is 8.12. The first-order valence-corrected chi connectivity index (χ1v) is 7.20. The Morgan fingerprint density at radius 3 is 2.53 bits per heavy atom. The van der Waals surface area contributed by atoms with Gasteiger partial charge in [-0.25, -0.2) is 0 Å². The third-order valence-corrected chi connectivity index (χ3v) is 4.64. The SMILES string of the molecule is CCCC1(CNC(=O)C2(CC)CCCN2)CC1. The standard InChI is InChI=1S/C14H26N2O/c1-3-6-13(8-9-13)11-15-12(17)14(4-2)7-5-10-16-14/h16H,3-11H2,1-2H3,(H,15,17). The third-order valence-electron chi connectivity index (χ3n) is 4.64. The highest BCUT2D eigenvalue weighted by Gasteiger charge is 2.44. The van der Waals surface area contributed by atoms with Crippen LogP contribution in [0.2, 0.25) is 0 Å². The van der Waals surface area contributed by atoms with Crippen molar-refractivity contribution < 1.29 is 4.79 Å². The molecule has 1 amide bonds. The van der Waals surface area contributed by atoms with Crippen LogP contribution in [0.4, 0.5) is 0 Å². The molecule has 2 aliphatic rings. The van der Waals surface area contributed by atoms with Gasteiger partial charge in [-0.1, -0.05) is 20.3 Å². The minimum Gasteiger partial charge on any atom is -0.354 e. The summed E-state index contributed by atoms with van der Waals surface area (Å²) in [5.74, 6) is 0.236. The predicted molar refractivity (Wildman–Crippen MR) is 69.8 cm³/mol. The summed E-state index contributed by atoms with van der Waals surface area (Å²) < 4.78 is 0. The highest BCUT2D eigenvalue weighted by molar-refractivity contribution is 5.86. The van der Waals surface area contributed by atoms with E-state index in [0.29, 0.717) is 5.41 Å². The molecule has 0 aromatic heterocycles. The van der Waals surface area contributed by atoms with Gasteiger partial charge in [0.05, 0.1) is 5.54 Å². The van der Waals surface area contributed by atoms with Crippen molar-refractivity contribution in [3.05, 3.63) is 0 Å². The van der Waals surface area contributed by atoms with E-state index in [4.69, 9.17) is 0 Å². The summed E-state index contributed by atoms with van der Waals surface area (Å²) in [4.78, 5) is 12.3. The van der Waals surface area contributed by atoms with E-state index in [2.05, 4.69) is 24.5 Å². The Kier molecular flexibility index (Phi) is 3.76. The van der Waals surface area contributed by atoms with Crippen LogP contribution in [-0.4, -0.2) is 24.5 Å². The Labute approximate surface area is 105 Å². The van der Waals surface area contributed by atoms with Crippen LogP contribution in [-0.2, 0) is 4.79 Å². The second-order valence-corrected chi connectivity index (χ2v) is 5.90. The molecule has 1 atom stereocenters. The molecule has 0 aromatic carbocycles. The molecule has 98 valence electrons. The van der Waals surface area contributed by atoms with Gasteiger partial charge in [-0.3, -0.25) is 4.79 Å². The van der Waals surface area contributed by atoms with Gasteiger partial charge in [0, 0.05) is 6.54 Å². The summed E-state index contributed by atoms with van der Waals surface area (Å²) >= 11 is 0. The van der Waals surface area contributed by atoms with Gasteiger partial charge in [0.15, 0.2) is 0 Å². The zero-order valence-corrected chi connectivity index (χ0v) is 11.3. The summed E-state index contributed by atoms with van der Waals surface area (Å²) in [5.41, 5.74) is 0.195. The first kappa shape index (κ1) is 12.9. The molecule has 0 aromatic rings. The molecular weight excluding hydrogens is 212 g/mol. The Morgan fingerprint density at radius 2 is 2.06 bits per heavy atom. The summed E-state index contributed by atoms with van der Waals surface area (Å²) in [6, 6.07) is 0. The van der Waals surface area contributed by atoms with Crippen molar-refractivity contribution in [1.82, 2.24) is 10.6 Å². The van der Waals surface area contributed by atoms with Gasteiger partial charge in [0.25, 0.3) is 0 Å². The van der Waals surface area contributed by atoms with Crippen molar-refractivity contribution in [2.75, 3.05) is 13.1 Å². The molecule has 1 aliphatic heterocycles. The normalized spacial score (nSPS) is 30.2. The Morgan fingerprint density at radius 1 is 1.29 bits per heavy atom. The number of carbonyl (C=O) groups is 1. The number of hydrogen-bond acceptors (Lipinski definition) is 2. The second-order valence-electron chi connectivity index (χ2n) is 5.90. The van der Waals surface area contributed by atoms with Gasteiger partial charge in [-0.05, 0) is 50.5 Å². The van der Waals surface area contributed by atoms with E-state index in [1.54, 1.807) is 0 Å². The maximum atomic E-state index is 12.3. The molecule has 2 fully saturated rings. The van der Waals surface area contributed by atoms with Gasteiger partial charge >= 0.3 is 0 Å². The second kappa shape index (κ2) is 4.97. The Hall–Kier alpha value is -0.570. The van der Waals surface area contributed by atoms with Crippen LogP contribution in [0.1, 0.15) is 58.8 Å². The molecular formula is C14H26N2O. The number of carbonyl (C=O) groups excluding carboxylic acids is 1. The van der Waals surface area contributed by atoms with E-state index >= 15 is 0 Å². The zero-order chi connectivity index (χ0) is 12.4. The molecule has 0 spiro atoms. The smallest absolute Gasteiger partial charge is 0.240 e. The van der Waals surface area contributed by atoms with Crippen molar-refractivity contribution in [1.29, 1.82) is 0 Å². The number of nitrogens with one attached hydrogen (secondary N) is 2. The molecule has 17 heavy (non-hydrogen) atoms. The molecule has 0 bridgehead atoms. The zero-order valence-electron chi connectivity index (χ0n) is 11.3. The van der Waals surface area contributed by atoms with Crippen molar-refractivity contribution in [2.24, 2.45) is 5.41 Å². The van der Waals surface area contributed by atoms with Crippen LogP contribution < -0.4 is 10.6 Å². The van der Waals surface area contributed by atoms with Gasteiger partial charge in [-0.2, -0.15) is 0 Å². The number of rotatable bonds is 6. The summed E-state index contributed by atoms with van der Waals surface area (Å²) in [7, 11) is 0. The molecule has 1 heterocycles.